The molecule has 2 aromatic carbocycles. The number of carbonyl (C=O) groups excluding carboxylic acids is 1. The van der Waals surface area contributed by atoms with E-state index in [1.807, 2.05) is 17.9 Å². The van der Waals surface area contributed by atoms with Crippen molar-refractivity contribution in [2.45, 2.75) is 33.6 Å². The molecule has 0 radical (unpaired) electrons. The minimum absolute atomic E-state index is 0.225. The second-order valence-electron chi connectivity index (χ2n) is 8.19. The monoisotopic (exact) mass is 414 g/mol. The van der Waals surface area contributed by atoms with Crippen molar-refractivity contribution in [1.29, 1.82) is 0 Å². The minimum Gasteiger partial charge on any atom is -0.353 e. The molecule has 0 aliphatic carbocycles. The maximum atomic E-state index is 12.1. The van der Waals surface area contributed by atoms with Gasteiger partial charge in [-0.2, -0.15) is 0 Å². The van der Waals surface area contributed by atoms with Gasteiger partial charge in [-0.05, 0) is 25.5 Å². The summed E-state index contributed by atoms with van der Waals surface area (Å²) in [6, 6.07) is 18.8. The van der Waals surface area contributed by atoms with Gasteiger partial charge in [-0.3, -0.25) is 4.79 Å². The highest BCUT2D eigenvalue weighted by Gasteiger charge is 2.24. The molecule has 1 amide bonds. The van der Waals surface area contributed by atoms with E-state index in [9.17, 15) is 4.79 Å². The lowest BCUT2D eigenvalue weighted by Gasteiger charge is -2.36. The van der Waals surface area contributed by atoms with Crippen LogP contribution < -0.4 is 4.90 Å². The van der Waals surface area contributed by atoms with Crippen molar-refractivity contribution in [2.24, 2.45) is 0 Å². The second kappa shape index (κ2) is 9.29. The van der Waals surface area contributed by atoms with Gasteiger partial charge >= 0.3 is 0 Å². The van der Waals surface area contributed by atoms with Crippen LogP contribution >= 0.6 is 0 Å². The number of hydrogen-bond donors (Lipinski definition) is 0. The van der Waals surface area contributed by atoms with Crippen molar-refractivity contribution in [2.75, 3.05) is 31.1 Å². The van der Waals surface area contributed by atoms with Crippen molar-refractivity contribution in [3.05, 3.63) is 77.0 Å². The fourth-order valence-electron chi connectivity index (χ4n) is 4.15. The maximum absolute atomic E-state index is 12.1. The van der Waals surface area contributed by atoms with Crippen LogP contribution in [0.5, 0.6) is 0 Å². The van der Waals surface area contributed by atoms with Crippen LogP contribution in [-0.4, -0.2) is 47.0 Å². The first kappa shape index (κ1) is 21.0. The second-order valence-corrected chi connectivity index (χ2v) is 8.19. The molecule has 0 saturated carbocycles. The first-order valence-electron chi connectivity index (χ1n) is 11.1. The average molecular weight is 415 g/mol. The molecular formula is C26H30N4O. The number of rotatable bonds is 5. The van der Waals surface area contributed by atoms with Gasteiger partial charge in [0.15, 0.2) is 5.82 Å². The van der Waals surface area contributed by atoms with Gasteiger partial charge in [0.1, 0.15) is 5.82 Å². The summed E-state index contributed by atoms with van der Waals surface area (Å²) in [7, 11) is 0. The summed E-state index contributed by atoms with van der Waals surface area (Å²) >= 11 is 0. The van der Waals surface area contributed by atoms with Crippen molar-refractivity contribution in [3.8, 4) is 11.4 Å². The Labute approximate surface area is 184 Å². The van der Waals surface area contributed by atoms with E-state index in [2.05, 4.69) is 67.3 Å². The Kier molecular flexibility index (Phi) is 6.31. The Hall–Kier alpha value is -3.21. The van der Waals surface area contributed by atoms with Crippen LogP contribution in [0.3, 0.4) is 0 Å². The number of aromatic nitrogens is 2. The van der Waals surface area contributed by atoms with Crippen LogP contribution in [0.2, 0.25) is 0 Å². The number of anilines is 1. The van der Waals surface area contributed by atoms with Gasteiger partial charge in [-0.15, -0.1) is 0 Å². The molecule has 0 unspecified atom stereocenters. The van der Waals surface area contributed by atoms with E-state index in [4.69, 9.17) is 9.97 Å². The number of amides is 1. The number of carbonyl (C=O) groups is 1. The lowest BCUT2D eigenvalue weighted by molar-refractivity contribution is -0.131. The van der Waals surface area contributed by atoms with Crippen molar-refractivity contribution < 1.29 is 4.79 Å². The quantitative estimate of drug-likeness (QED) is 0.621. The number of hydrogen-bond acceptors (Lipinski definition) is 4. The van der Waals surface area contributed by atoms with Crippen LogP contribution in [0.25, 0.3) is 11.4 Å². The molecule has 0 bridgehead atoms. The van der Waals surface area contributed by atoms with Gasteiger partial charge in [0, 0.05) is 55.8 Å². The first-order chi connectivity index (χ1) is 15.0. The summed E-state index contributed by atoms with van der Waals surface area (Å²) in [5.74, 6) is 1.99. The number of piperazine rings is 1. The van der Waals surface area contributed by atoms with Gasteiger partial charge in [0.2, 0.25) is 5.91 Å². The summed E-state index contributed by atoms with van der Waals surface area (Å²) in [4.78, 5) is 26.4. The standard InChI is InChI=1S/C26H30N4O/c1-4-24(31)29-13-15-30(16-14-29)26-23(18-21-10-6-5-7-11-21)20(3)27-25(28-26)22-12-8-9-19(2)17-22/h5-12,17H,4,13-16,18H2,1-3H3. The Bertz CT molecular complexity index is 1060. The van der Waals surface area contributed by atoms with E-state index >= 15 is 0 Å². The number of aryl methyl sites for hydroxylation is 2. The highest BCUT2D eigenvalue weighted by molar-refractivity contribution is 5.76. The van der Waals surface area contributed by atoms with Gasteiger partial charge in [-0.25, -0.2) is 9.97 Å². The SMILES string of the molecule is CCC(=O)N1CCN(c2nc(-c3cccc(C)c3)nc(C)c2Cc2ccccc2)CC1. The van der Waals surface area contributed by atoms with Gasteiger partial charge in [-0.1, -0.05) is 61.0 Å². The van der Waals surface area contributed by atoms with Crippen LogP contribution in [0.1, 0.15) is 35.7 Å². The van der Waals surface area contributed by atoms with Gasteiger partial charge in [0.25, 0.3) is 0 Å². The predicted molar refractivity (Wildman–Crippen MR) is 125 cm³/mol. The highest BCUT2D eigenvalue weighted by atomic mass is 16.2. The smallest absolute Gasteiger partial charge is 0.222 e. The Balaban J connectivity index is 1.71. The molecule has 0 atom stereocenters. The van der Waals surface area contributed by atoms with Crippen molar-refractivity contribution in [3.63, 3.8) is 0 Å². The van der Waals surface area contributed by atoms with Gasteiger partial charge in [0.05, 0.1) is 0 Å². The lowest BCUT2D eigenvalue weighted by atomic mass is 10.0. The zero-order chi connectivity index (χ0) is 21.8. The van der Waals surface area contributed by atoms with Crippen molar-refractivity contribution in [1.82, 2.24) is 14.9 Å². The van der Waals surface area contributed by atoms with E-state index in [0.29, 0.717) is 6.42 Å². The molecule has 160 valence electrons. The Morgan fingerprint density at radius 1 is 0.935 bits per heavy atom. The molecule has 5 nitrogen and oxygen atoms in total. The normalized spacial score (nSPS) is 14.0. The molecule has 1 aliphatic rings. The highest BCUT2D eigenvalue weighted by Crippen LogP contribution is 2.28. The Morgan fingerprint density at radius 2 is 1.68 bits per heavy atom. The van der Waals surface area contributed by atoms with E-state index < -0.39 is 0 Å². The third-order valence-corrected chi connectivity index (χ3v) is 5.93. The molecule has 5 heteroatoms. The van der Waals surface area contributed by atoms with E-state index in [-0.39, 0.29) is 5.91 Å². The molecule has 0 N–H and O–H groups in total. The summed E-state index contributed by atoms with van der Waals surface area (Å²) in [6.45, 7) is 9.15. The fraction of sp³-hybridized carbons (Fsp3) is 0.346. The predicted octanol–water partition coefficient (Wildman–Crippen LogP) is 4.41. The summed E-state index contributed by atoms with van der Waals surface area (Å²) in [5.41, 5.74) is 5.66. The topological polar surface area (TPSA) is 49.3 Å². The van der Waals surface area contributed by atoms with E-state index in [1.165, 1.54) is 11.1 Å². The molecule has 2 heterocycles. The van der Waals surface area contributed by atoms with Crippen LogP contribution in [0.4, 0.5) is 5.82 Å². The molecule has 0 spiro atoms. The first-order valence-corrected chi connectivity index (χ1v) is 11.1. The van der Waals surface area contributed by atoms with Gasteiger partial charge < -0.3 is 9.80 Å². The third kappa shape index (κ3) is 4.76. The van der Waals surface area contributed by atoms with Crippen molar-refractivity contribution >= 4 is 11.7 Å². The van der Waals surface area contributed by atoms with Crippen LogP contribution in [0, 0.1) is 13.8 Å². The third-order valence-electron chi connectivity index (χ3n) is 5.93. The molecule has 1 aliphatic heterocycles. The van der Waals surface area contributed by atoms with Crippen LogP contribution in [-0.2, 0) is 11.2 Å². The largest absolute Gasteiger partial charge is 0.353 e. The molecule has 3 aromatic rings. The van der Waals surface area contributed by atoms with Crippen LogP contribution in [0.15, 0.2) is 54.6 Å². The zero-order valence-corrected chi connectivity index (χ0v) is 18.6. The molecule has 1 aromatic heterocycles. The minimum atomic E-state index is 0.225. The molecule has 31 heavy (non-hydrogen) atoms. The summed E-state index contributed by atoms with van der Waals surface area (Å²) in [6.07, 6.45) is 1.35. The average Bonchev–Trinajstić information content (AvgIpc) is 2.80. The summed E-state index contributed by atoms with van der Waals surface area (Å²) in [5, 5.41) is 0. The number of nitrogens with zero attached hydrogens (tertiary/aromatic N) is 4. The molecule has 1 fully saturated rings. The Morgan fingerprint density at radius 3 is 2.35 bits per heavy atom. The lowest BCUT2D eigenvalue weighted by Crippen LogP contribution is -2.49. The molecular weight excluding hydrogens is 384 g/mol. The zero-order valence-electron chi connectivity index (χ0n) is 18.6. The fourth-order valence-corrected chi connectivity index (χ4v) is 4.15. The molecule has 4 rings (SSSR count). The molecule has 1 saturated heterocycles. The maximum Gasteiger partial charge on any atom is 0.222 e. The number of benzene rings is 2. The van der Waals surface area contributed by atoms with E-state index in [1.54, 1.807) is 0 Å². The summed E-state index contributed by atoms with van der Waals surface area (Å²) < 4.78 is 0. The van der Waals surface area contributed by atoms with E-state index in [0.717, 1.165) is 61.1 Å².